The quantitative estimate of drug-likeness (QED) is 0.507. The molecular formula is C10H17N. The van der Waals surface area contributed by atoms with Crippen LogP contribution in [0.5, 0.6) is 0 Å². The van der Waals surface area contributed by atoms with Gasteiger partial charge in [-0.1, -0.05) is 20.8 Å². The van der Waals surface area contributed by atoms with Gasteiger partial charge in [0.1, 0.15) is 0 Å². The monoisotopic (exact) mass is 151 g/mol. The number of hydrogen-bond donors (Lipinski definition) is 0. The first-order chi connectivity index (χ1) is 4.97. The minimum atomic E-state index is 0.0399. The van der Waals surface area contributed by atoms with Gasteiger partial charge in [0.15, 0.2) is 0 Å². The summed E-state index contributed by atoms with van der Waals surface area (Å²) in [6.45, 7) is 13.8. The molecular weight excluding hydrogens is 134 g/mol. The van der Waals surface area contributed by atoms with Crippen molar-refractivity contribution in [3.8, 4) is 0 Å². The van der Waals surface area contributed by atoms with Crippen LogP contribution in [0.1, 0.15) is 46.5 Å². The maximum Gasteiger partial charge on any atom is 0.233 e. The van der Waals surface area contributed by atoms with Crippen LogP contribution in [0.25, 0.3) is 4.85 Å². The third-order valence-electron chi connectivity index (χ3n) is 2.38. The van der Waals surface area contributed by atoms with E-state index >= 15 is 0 Å². The maximum atomic E-state index is 7.11. The van der Waals surface area contributed by atoms with Crippen molar-refractivity contribution in [1.29, 1.82) is 0 Å². The average Bonchev–Trinajstić information content (AvgIpc) is 1.77. The molecule has 0 aromatic heterocycles. The van der Waals surface area contributed by atoms with E-state index in [9.17, 15) is 0 Å². The summed E-state index contributed by atoms with van der Waals surface area (Å²) < 4.78 is 0. The van der Waals surface area contributed by atoms with E-state index in [-0.39, 0.29) is 5.54 Å². The van der Waals surface area contributed by atoms with Crippen LogP contribution in [-0.4, -0.2) is 5.54 Å². The van der Waals surface area contributed by atoms with E-state index in [1.807, 2.05) is 0 Å². The molecule has 11 heavy (non-hydrogen) atoms. The van der Waals surface area contributed by atoms with Crippen LogP contribution >= 0.6 is 0 Å². The molecule has 0 atom stereocenters. The van der Waals surface area contributed by atoms with Crippen LogP contribution in [0.4, 0.5) is 0 Å². The van der Waals surface area contributed by atoms with Gasteiger partial charge in [-0.05, 0) is 11.8 Å². The lowest BCUT2D eigenvalue weighted by Gasteiger charge is -2.35. The molecule has 0 bridgehead atoms. The van der Waals surface area contributed by atoms with Gasteiger partial charge in [-0.15, -0.1) is 0 Å². The predicted molar refractivity (Wildman–Crippen MR) is 47.3 cm³/mol. The fourth-order valence-electron chi connectivity index (χ4n) is 1.90. The van der Waals surface area contributed by atoms with Crippen LogP contribution in [-0.2, 0) is 0 Å². The minimum Gasteiger partial charge on any atom is -0.310 e. The van der Waals surface area contributed by atoms with Gasteiger partial charge in [0, 0.05) is 19.3 Å². The van der Waals surface area contributed by atoms with Gasteiger partial charge < -0.3 is 4.85 Å². The second-order valence-corrected chi connectivity index (χ2v) is 4.93. The Morgan fingerprint density at radius 2 is 1.91 bits per heavy atom. The lowest BCUT2D eigenvalue weighted by atomic mass is 9.68. The second-order valence-electron chi connectivity index (χ2n) is 4.93. The van der Waals surface area contributed by atoms with Gasteiger partial charge in [-0.25, -0.2) is 6.57 Å². The zero-order valence-electron chi connectivity index (χ0n) is 7.78. The SMILES string of the molecule is [C-]#[N+]C1(CC(C)(C)C)CCC1. The van der Waals surface area contributed by atoms with E-state index in [2.05, 4.69) is 25.6 Å². The third-order valence-corrected chi connectivity index (χ3v) is 2.38. The average molecular weight is 151 g/mol. The molecule has 1 fully saturated rings. The molecule has 1 saturated carbocycles. The fraction of sp³-hybridized carbons (Fsp3) is 0.900. The van der Waals surface area contributed by atoms with E-state index in [0.29, 0.717) is 5.41 Å². The minimum absolute atomic E-state index is 0.0399. The molecule has 1 aliphatic rings. The van der Waals surface area contributed by atoms with Crippen LogP contribution in [0, 0.1) is 12.0 Å². The Balaban J connectivity index is 2.54. The molecule has 0 saturated heterocycles. The van der Waals surface area contributed by atoms with Crippen molar-refractivity contribution in [3.05, 3.63) is 11.4 Å². The molecule has 0 heterocycles. The highest BCUT2D eigenvalue weighted by atomic mass is 14.8. The number of nitrogens with zero attached hydrogens (tertiary/aromatic N) is 1. The normalized spacial score (nSPS) is 22.0. The number of rotatable bonds is 1. The highest BCUT2D eigenvalue weighted by Gasteiger charge is 2.46. The third kappa shape index (κ3) is 1.96. The van der Waals surface area contributed by atoms with Gasteiger partial charge in [0.25, 0.3) is 0 Å². The smallest absolute Gasteiger partial charge is 0.233 e. The number of hydrogen-bond acceptors (Lipinski definition) is 0. The molecule has 0 aromatic rings. The Hall–Kier alpha value is -0.510. The van der Waals surface area contributed by atoms with Gasteiger partial charge in [0.2, 0.25) is 5.54 Å². The van der Waals surface area contributed by atoms with Crippen LogP contribution in [0.3, 0.4) is 0 Å². The summed E-state index contributed by atoms with van der Waals surface area (Å²) in [5.74, 6) is 0. The lowest BCUT2D eigenvalue weighted by Crippen LogP contribution is -2.37. The zero-order valence-corrected chi connectivity index (χ0v) is 7.78. The summed E-state index contributed by atoms with van der Waals surface area (Å²) in [5, 5.41) is 0. The van der Waals surface area contributed by atoms with Gasteiger partial charge in [-0.2, -0.15) is 0 Å². The summed E-state index contributed by atoms with van der Waals surface area (Å²) >= 11 is 0. The molecule has 1 heteroatoms. The zero-order chi connectivity index (χ0) is 8.54. The van der Waals surface area contributed by atoms with Crippen molar-refractivity contribution >= 4 is 0 Å². The van der Waals surface area contributed by atoms with Crippen molar-refractivity contribution in [1.82, 2.24) is 0 Å². The molecule has 0 aromatic carbocycles. The van der Waals surface area contributed by atoms with E-state index in [1.165, 1.54) is 6.42 Å². The van der Waals surface area contributed by atoms with Crippen molar-refractivity contribution < 1.29 is 0 Å². The Kier molecular flexibility index (Phi) is 1.96. The maximum absolute atomic E-state index is 7.11. The topological polar surface area (TPSA) is 4.36 Å². The van der Waals surface area contributed by atoms with Gasteiger partial charge >= 0.3 is 0 Å². The summed E-state index contributed by atoms with van der Waals surface area (Å²) in [5.41, 5.74) is 0.364. The summed E-state index contributed by atoms with van der Waals surface area (Å²) in [6.07, 6.45) is 4.60. The molecule has 62 valence electrons. The van der Waals surface area contributed by atoms with Crippen molar-refractivity contribution in [2.45, 2.75) is 52.0 Å². The van der Waals surface area contributed by atoms with E-state index < -0.39 is 0 Å². The van der Waals surface area contributed by atoms with E-state index in [1.54, 1.807) is 0 Å². The Morgan fingerprint density at radius 3 is 2.00 bits per heavy atom. The highest BCUT2D eigenvalue weighted by molar-refractivity contribution is 5.06. The summed E-state index contributed by atoms with van der Waals surface area (Å²) in [4.78, 5) is 3.76. The Morgan fingerprint density at radius 1 is 1.36 bits per heavy atom. The molecule has 1 rings (SSSR count). The van der Waals surface area contributed by atoms with Crippen LogP contribution < -0.4 is 0 Å². The molecule has 1 aliphatic carbocycles. The first kappa shape index (κ1) is 8.59. The van der Waals surface area contributed by atoms with E-state index in [0.717, 1.165) is 19.3 Å². The Labute approximate surface area is 69.6 Å². The first-order valence-corrected chi connectivity index (χ1v) is 4.36. The molecule has 0 N–H and O–H groups in total. The Bertz CT molecular complexity index is 176. The lowest BCUT2D eigenvalue weighted by molar-refractivity contribution is 0.200. The van der Waals surface area contributed by atoms with Crippen molar-refractivity contribution in [2.75, 3.05) is 0 Å². The molecule has 0 spiro atoms. The summed E-state index contributed by atoms with van der Waals surface area (Å²) in [6, 6.07) is 0. The van der Waals surface area contributed by atoms with Crippen LogP contribution in [0.15, 0.2) is 0 Å². The fourth-order valence-corrected chi connectivity index (χ4v) is 1.90. The van der Waals surface area contributed by atoms with Crippen LogP contribution in [0.2, 0.25) is 0 Å². The molecule has 1 nitrogen and oxygen atoms in total. The van der Waals surface area contributed by atoms with Gasteiger partial charge in [0.05, 0.1) is 0 Å². The van der Waals surface area contributed by atoms with Gasteiger partial charge in [-0.3, -0.25) is 0 Å². The molecule has 0 unspecified atom stereocenters. The van der Waals surface area contributed by atoms with Crippen molar-refractivity contribution in [2.24, 2.45) is 5.41 Å². The molecule has 0 amide bonds. The standard InChI is InChI=1S/C10H17N/c1-9(2,3)8-10(11-4)6-5-7-10/h5-8H2,1-3H3. The molecule has 0 radical (unpaired) electrons. The largest absolute Gasteiger partial charge is 0.310 e. The molecule has 0 aliphatic heterocycles. The van der Waals surface area contributed by atoms with E-state index in [4.69, 9.17) is 6.57 Å². The first-order valence-electron chi connectivity index (χ1n) is 4.36. The highest BCUT2D eigenvalue weighted by Crippen LogP contribution is 2.44. The second kappa shape index (κ2) is 2.52. The summed E-state index contributed by atoms with van der Waals surface area (Å²) in [7, 11) is 0. The predicted octanol–water partition coefficient (Wildman–Crippen LogP) is 3.26. The van der Waals surface area contributed by atoms with Crippen molar-refractivity contribution in [3.63, 3.8) is 0 Å².